The summed E-state index contributed by atoms with van der Waals surface area (Å²) in [6.45, 7) is 1.32. The van der Waals surface area contributed by atoms with Crippen LogP contribution in [0.1, 0.15) is 21.0 Å². The van der Waals surface area contributed by atoms with Gasteiger partial charge in [-0.05, 0) is 38.4 Å². The van der Waals surface area contributed by atoms with E-state index in [2.05, 4.69) is 30.6 Å². The maximum atomic E-state index is 12.8. The summed E-state index contributed by atoms with van der Waals surface area (Å²) in [5.74, 6) is -0.359. The van der Waals surface area contributed by atoms with Gasteiger partial charge < -0.3 is 24.9 Å². The number of aromatic amines is 2. The number of nitrogens with zero attached hydrogens (tertiary/aromatic N) is 3. The van der Waals surface area contributed by atoms with Gasteiger partial charge in [0.2, 0.25) is 5.95 Å². The highest BCUT2D eigenvalue weighted by atomic mass is 35.5. The van der Waals surface area contributed by atoms with Gasteiger partial charge in [-0.3, -0.25) is 14.9 Å². The molecule has 0 spiro atoms. The lowest BCUT2D eigenvalue weighted by Gasteiger charge is -2.10. The summed E-state index contributed by atoms with van der Waals surface area (Å²) in [5.41, 5.74) is 1.39. The van der Waals surface area contributed by atoms with Crippen molar-refractivity contribution in [3.8, 4) is 5.75 Å². The number of likely N-dealkylation sites (N-methyl/N-ethyl adjacent to an activating group) is 1. The van der Waals surface area contributed by atoms with Crippen LogP contribution in [0.4, 0.5) is 11.6 Å². The number of halogens is 2. The van der Waals surface area contributed by atoms with Crippen LogP contribution in [-0.4, -0.2) is 63.9 Å². The fourth-order valence-electron chi connectivity index (χ4n) is 3.08. The number of amides is 2. The van der Waals surface area contributed by atoms with Crippen LogP contribution in [0.3, 0.4) is 0 Å². The van der Waals surface area contributed by atoms with E-state index in [0.717, 1.165) is 6.54 Å². The second kappa shape index (κ2) is 10.1. The summed E-state index contributed by atoms with van der Waals surface area (Å²) < 4.78 is 5.73. The lowest BCUT2D eigenvalue weighted by atomic mass is 10.2. The van der Waals surface area contributed by atoms with Crippen LogP contribution in [0.5, 0.6) is 5.75 Å². The second-order valence-electron chi connectivity index (χ2n) is 7.55. The number of carbonyl (C=O) groups is 2. The summed E-state index contributed by atoms with van der Waals surface area (Å²) in [5, 5.41) is 5.74. The molecule has 0 fully saturated rings. The number of H-pyrrole nitrogens is 2. The highest BCUT2D eigenvalue weighted by molar-refractivity contribution is 6.40. The van der Waals surface area contributed by atoms with E-state index in [1.165, 1.54) is 6.33 Å². The molecule has 176 valence electrons. The zero-order chi connectivity index (χ0) is 24.2. The minimum absolute atomic E-state index is 0.0474. The molecule has 12 heteroatoms. The molecule has 2 aromatic heterocycles. The molecular weight excluding hydrogens is 481 g/mol. The van der Waals surface area contributed by atoms with Crippen molar-refractivity contribution >= 4 is 57.7 Å². The molecule has 2 aromatic carbocycles. The monoisotopic (exact) mass is 501 g/mol. The number of ether oxygens (including phenoxy) is 1. The number of para-hydroxylation sites is 1. The predicted molar refractivity (Wildman–Crippen MR) is 131 cm³/mol. The van der Waals surface area contributed by atoms with Gasteiger partial charge in [0.1, 0.15) is 18.1 Å². The third-order valence-corrected chi connectivity index (χ3v) is 5.41. The summed E-state index contributed by atoms with van der Waals surface area (Å²) in [6, 6.07) is 10.2. The summed E-state index contributed by atoms with van der Waals surface area (Å²) >= 11 is 12.2. The molecule has 0 radical (unpaired) electrons. The van der Waals surface area contributed by atoms with Crippen molar-refractivity contribution in [2.24, 2.45) is 0 Å². The standard InChI is InChI=1S/C22H21Cl2N7O3/c1-31(2)8-9-34-12-6-7-15-16(10-12)28-22(27-15)30-21(33)19-18(25-11-26-19)20(32)29-17-13(23)4-3-5-14(17)24/h3-7,10-11H,8-9H2,1-2H3,(H,25,26)(H,29,32)(H2,27,28,30,33). The van der Waals surface area contributed by atoms with Crippen LogP contribution in [0.15, 0.2) is 42.7 Å². The number of fused-ring (bicyclic) bond motifs is 1. The molecule has 4 rings (SSSR count). The summed E-state index contributed by atoms with van der Waals surface area (Å²) in [6.07, 6.45) is 1.24. The van der Waals surface area contributed by atoms with Crippen LogP contribution in [0.2, 0.25) is 10.0 Å². The second-order valence-corrected chi connectivity index (χ2v) is 8.36. The average molecular weight is 502 g/mol. The van der Waals surface area contributed by atoms with Crippen molar-refractivity contribution in [3.05, 3.63) is 64.2 Å². The number of rotatable bonds is 8. The third-order valence-electron chi connectivity index (χ3n) is 4.78. The molecule has 0 saturated carbocycles. The van der Waals surface area contributed by atoms with Crippen LogP contribution in [0.25, 0.3) is 11.0 Å². The lowest BCUT2D eigenvalue weighted by molar-refractivity contribution is 0.0985. The molecule has 0 bridgehead atoms. The highest BCUT2D eigenvalue weighted by Crippen LogP contribution is 2.30. The fraction of sp³-hybridized carbons (Fsp3) is 0.182. The molecule has 10 nitrogen and oxygen atoms in total. The normalized spacial score (nSPS) is 11.1. The van der Waals surface area contributed by atoms with E-state index >= 15 is 0 Å². The van der Waals surface area contributed by atoms with E-state index in [-0.39, 0.29) is 33.1 Å². The van der Waals surface area contributed by atoms with Crippen molar-refractivity contribution in [2.45, 2.75) is 0 Å². The zero-order valence-corrected chi connectivity index (χ0v) is 19.8. The van der Waals surface area contributed by atoms with Gasteiger partial charge in [-0.15, -0.1) is 0 Å². The van der Waals surface area contributed by atoms with E-state index in [0.29, 0.717) is 23.4 Å². The van der Waals surface area contributed by atoms with E-state index in [9.17, 15) is 9.59 Å². The minimum Gasteiger partial charge on any atom is -0.492 e. The first-order valence-corrected chi connectivity index (χ1v) is 10.9. The molecule has 34 heavy (non-hydrogen) atoms. The Morgan fingerprint density at radius 3 is 2.59 bits per heavy atom. The number of nitrogens with one attached hydrogen (secondary N) is 4. The molecule has 2 heterocycles. The summed E-state index contributed by atoms with van der Waals surface area (Å²) in [4.78, 5) is 41.6. The molecule has 0 aliphatic rings. The first kappa shape index (κ1) is 23.6. The van der Waals surface area contributed by atoms with Gasteiger partial charge in [0, 0.05) is 12.6 Å². The van der Waals surface area contributed by atoms with Crippen molar-refractivity contribution in [3.63, 3.8) is 0 Å². The highest BCUT2D eigenvalue weighted by Gasteiger charge is 2.22. The van der Waals surface area contributed by atoms with Gasteiger partial charge in [0.15, 0.2) is 5.69 Å². The Morgan fingerprint density at radius 2 is 1.85 bits per heavy atom. The SMILES string of the molecule is CN(C)CCOc1ccc2nc(NC(=O)c3[nH]cnc3C(=O)Nc3c(Cl)cccc3Cl)[nH]c2c1. The van der Waals surface area contributed by atoms with Crippen LogP contribution in [0, 0.1) is 0 Å². The molecule has 0 saturated heterocycles. The Labute approximate surface area is 204 Å². The number of hydrogen-bond donors (Lipinski definition) is 4. The van der Waals surface area contributed by atoms with Gasteiger partial charge in [-0.1, -0.05) is 29.3 Å². The smallest absolute Gasteiger partial charge is 0.276 e. The largest absolute Gasteiger partial charge is 0.492 e. The molecule has 0 unspecified atom stereocenters. The topological polar surface area (TPSA) is 128 Å². The van der Waals surface area contributed by atoms with Crippen molar-refractivity contribution in [1.82, 2.24) is 24.8 Å². The Morgan fingerprint density at radius 1 is 1.09 bits per heavy atom. The van der Waals surface area contributed by atoms with Crippen molar-refractivity contribution < 1.29 is 14.3 Å². The van der Waals surface area contributed by atoms with Crippen molar-refractivity contribution in [1.29, 1.82) is 0 Å². The Balaban J connectivity index is 1.47. The van der Waals surface area contributed by atoms with Gasteiger partial charge in [-0.25, -0.2) is 9.97 Å². The van der Waals surface area contributed by atoms with Crippen LogP contribution >= 0.6 is 23.2 Å². The quantitative estimate of drug-likeness (QED) is 0.288. The third kappa shape index (κ3) is 5.30. The van der Waals surface area contributed by atoms with Gasteiger partial charge in [0.05, 0.1) is 33.1 Å². The molecule has 0 atom stereocenters. The number of anilines is 2. The van der Waals surface area contributed by atoms with E-state index in [1.807, 2.05) is 25.1 Å². The Hall–Kier alpha value is -3.60. The Bertz CT molecular complexity index is 1330. The van der Waals surface area contributed by atoms with E-state index in [4.69, 9.17) is 27.9 Å². The zero-order valence-electron chi connectivity index (χ0n) is 18.3. The lowest BCUT2D eigenvalue weighted by Crippen LogP contribution is -2.21. The maximum absolute atomic E-state index is 12.8. The molecule has 2 amide bonds. The van der Waals surface area contributed by atoms with Crippen molar-refractivity contribution in [2.75, 3.05) is 37.9 Å². The van der Waals surface area contributed by atoms with Gasteiger partial charge in [-0.2, -0.15) is 0 Å². The molecule has 4 N–H and O–H groups in total. The number of imidazole rings is 2. The van der Waals surface area contributed by atoms with Gasteiger partial charge in [0.25, 0.3) is 11.8 Å². The molecule has 0 aliphatic carbocycles. The minimum atomic E-state index is -0.648. The number of benzene rings is 2. The number of aromatic nitrogens is 4. The molecule has 4 aromatic rings. The maximum Gasteiger partial charge on any atom is 0.276 e. The van der Waals surface area contributed by atoms with E-state index < -0.39 is 11.8 Å². The van der Waals surface area contributed by atoms with E-state index in [1.54, 1.807) is 30.3 Å². The predicted octanol–water partition coefficient (Wildman–Crippen LogP) is 4.04. The first-order chi connectivity index (χ1) is 16.3. The number of carbonyl (C=O) groups excluding carboxylic acids is 2. The van der Waals surface area contributed by atoms with Crippen LogP contribution in [-0.2, 0) is 0 Å². The fourth-order valence-corrected chi connectivity index (χ4v) is 3.58. The Kier molecular flexibility index (Phi) is 7.01. The van der Waals surface area contributed by atoms with Gasteiger partial charge >= 0.3 is 0 Å². The van der Waals surface area contributed by atoms with Crippen LogP contribution < -0.4 is 15.4 Å². The average Bonchev–Trinajstić information content (AvgIpc) is 3.42. The first-order valence-electron chi connectivity index (χ1n) is 10.2. The molecular formula is C22H21Cl2N7O3. The molecule has 0 aliphatic heterocycles. The summed E-state index contributed by atoms with van der Waals surface area (Å²) in [7, 11) is 3.94. The number of hydrogen-bond acceptors (Lipinski definition) is 6.